The van der Waals surface area contributed by atoms with Gasteiger partial charge in [-0.1, -0.05) is 12.1 Å². The maximum atomic E-state index is 13.6. The fraction of sp³-hybridized carbons (Fsp3) is 0.533. The number of halogens is 2. The Morgan fingerprint density at radius 3 is 2.64 bits per heavy atom. The second-order valence-corrected chi connectivity index (χ2v) is 5.97. The number of nitrogens with one attached hydrogen (secondary N) is 1. The summed E-state index contributed by atoms with van der Waals surface area (Å²) in [5.41, 5.74) is 4.93. The van der Waals surface area contributed by atoms with E-state index in [1.165, 1.54) is 12.1 Å². The molecule has 0 heterocycles. The summed E-state index contributed by atoms with van der Waals surface area (Å²) >= 11 is 0. The van der Waals surface area contributed by atoms with Crippen LogP contribution in [0, 0.1) is 11.6 Å². The SMILES string of the molecule is CC(C)(C)OC(=O)NCCC(N)C(O)c1cccc(F)c1F. The summed E-state index contributed by atoms with van der Waals surface area (Å²) in [4.78, 5) is 11.4. The predicted octanol–water partition coefficient (Wildman–Crippen LogP) is 2.24. The molecule has 22 heavy (non-hydrogen) atoms. The molecule has 124 valence electrons. The van der Waals surface area contributed by atoms with Crippen LogP contribution < -0.4 is 11.1 Å². The smallest absolute Gasteiger partial charge is 0.407 e. The second kappa shape index (κ2) is 7.51. The lowest BCUT2D eigenvalue weighted by atomic mass is 10.00. The van der Waals surface area contributed by atoms with E-state index in [2.05, 4.69) is 5.32 Å². The first-order valence-electron chi connectivity index (χ1n) is 6.96. The van der Waals surface area contributed by atoms with Crippen molar-refractivity contribution in [2.75, 3.05) is 6.54 Å². The number of carbonyl (C=O) groups excluding carboxylic acids is 1. The van der Waals surface area contributed by atoms with Gasteiger partial charge in [-0.3, -0.25) is 0 Å². The van der Waals surface area contributed by atoms with Gasteiger partial charge in [0.05, 0.1) is 6.10 Å². The van der Waals surface area contributed by atoms with Crippen LogP contribution in [0.25, 0.3) is 0 Å². The van der Waals surface area contributed by atoms with Gasteiger partial charge < -0.3 is 20.9 Å². The minimum absolute atomic E-state index is 0.143. The Balaban J connectivity index is 2.50. The van der Waals surface area contributed by atoms with Crippen LogP contribution in [0.3, 0.4) is 0 Å². The minimum Gasteiger partial charge on any atom is -0.444 e. The number of amides is 1. The molecule has 1 aromatic rings. The number of aliphatic hydroxyl groups is 1. The van der Waals surface area contributed by atoms with E-state index in [-0.39, 0.29) is 18.5 Å². The quantitative estimate of drug-likeness (QED) is 0.778. The highest BCUT2D eigenvalue weighted by molar-refractivity contribution is 5.67. The lowest BCUT2D eigenvalue weighted by Gasteiger charge is -2.22. The van der Waals surface area contributed by atoms with Crippen molar-refractivity contribution in [3.05, 3.63) is 35.4 Å². The Hall–Kier alpha value is -1.73. The summed E-state index contributed by atoms with van der Waals surface area (Å²) < 4.78 is 31.7. The average Bonchev–Trinajstić information content (AvgIpc) is 2.39. The normalized spacial score (nSPS) is 14.3. The van der Waals surface area contributed by atoms with Gasteiger partial charge in [-0.05, 0) is 33.3 Å². The number of hydrogen-bond donors (Lipinski definition) is 3. The molecule has 0 saturated carbocycles. The van der Waals surface area contributed by atoms with Gasteiger partial charge in [-0.2, -0.15) is 0 Å². The third-order valence-corrected chi connectivity index (χ3v) is 2.85. The van der Waals surface area contributed by atoms with E-state index in [0.717, 1.165) is 6.07 Å². The Labute approximate surface area is 128 Å². The average molecular weight is 316 g/mol. The van der Waals surface area contributed by atoms with E-state index in [4.69, 9.17) is 10.5 Å². The molecule has 0 spiro atoms. The summed E-state index contributed by atoms with van der Waals surface area (Å²) in [5.74, 6) is -2.17. The van der Waals surface area contributed by atoms with Crippen LogP contribution in [-0.2, 0) is 4.74 Å². The van der Waals surface area contributed by atoms with E-state index in [1.807, 2.05) is 0 Å². The van der Waals surface area contributed by atoms with Gasteiger partial charge in [0, 0.05) is 18.2 Å². The lowest BCUT2D eigenvalue weighted by Crippen LogP contribution is -2.37. The van der Waals surface area contributed by atoms with Gasteiger partial charge in [-0.25, -0.2) is 13.6 Å². The summed E-state index contributed by atoms with van der Waals surface area (Å²) in [6, 6.07) is 2.67. The van der Waals surface area contributed by atoms with Crippen LogP contribution in [0.4, 0.5) is 13.6 Å². The molecule has 7 heteroatoms. The van der Waals surface area contributed by atoms with Crippen LogP contribution in [0.1, 0.15) is 38.9 Å². The van der Waals surface area contributed by atoms with Gasteiger partial charge >= 0.3 is 6.09 Å². The highest BCUT2D eigenvalue weighted by Crippen LogP contribution is 2.22. The monoisotopic (exact) mass is 316 g/mol. The molecule has 1 amide bonds. The number of hydrogen-bond acceptors (Lipinski definition) is 4. The number of rotatable bonds is 5. The van der Waals surface area contributed by atoms with E-state index < -0.39 is 35.5 Å². The highest BCUT2D eigenvalue weighted by atomic mass is 19.2. The fourth-order valence-corrected chi connectivity index (χ4v) is 1.79. The number of aliphatic hydroxyl groups excluding tert-OH is 1. The van der Waals surface area contributed by atoms with Gasteiger partial charge in [0.1, 0.15) is 5.60 Å². The zero-order valence-electron chi connectivity index (χ0n) is 12.9. The topological polar surface area (TPSA) is 84.6 Å². The van der Waals surface area contributed by atoms with Crippen molar-refractivity contribution < 1.29 is 23.4 Å². The van der Waals surface area contributed by atoms with Crippen LogP contribution >= 0.6 is 0 Å². The molecule has 0 fully saturated rings. The molecule has 0 saturated heterocycles. The van der Waals surface area contributed by atoms with Gasteiger partial charge in [0.2, 0.25) is 0 Å². The third kappa shape index (κ3) is 5.57. The van der Waals surface area contributed by atoms with Crippen molar-refractivity contribution in [1.82, 2.24) is 5.32 Å². The zero-order valence-corrected chi connectivity index (χ0v) is 12.9. The molecule has 0 bridgehead atoms. The Morgan fingerprint density at radius 1 is 1.41 bits per heavy atom. The lowest BCUT2D eigenvalue weighted by molar-refractivity contribution is 0.0521. The first-order valence-corrected chi connectivity index (χ1v) is 6.96. The van der Waals surface area contributed by atoms with Gasteiger partial charge in [-0.15, -0.1) is 0 Å². The van der Waals surface area contributed by atoms with Crippen molar-refractivity contribution in [1.29, 1.82) is 0 Å². The van der Waals surface area contributed by atoms with Gasteiger partial charge in [0.15, 0.2) is 11.6 Å². The fourth-order valence-electron chi connectivity index (χ4n) is 1.79. The van der Waals surface area contributed by atoms with E-state index in [1.54, 1.807) is 20.8 Å². The number of benzene rings is 1. The van der Waals surface area contributed by atoms with E-state index >= 15 is 0 Å². The van der Waals surface area contributed by atoms with Crippen molar-refractivity contribution in [2.24, 2.45) is 5.73 Å². The first kappa shape index (κ1) is 18.3. The molecule has 0 aliphatic heterocycles. The van der Waals surface area contributed by atoms with Crippen molar-refractivity contribution in [3.8, 4) is 0 Å². The largest absolute Gasteiger partial charge is 0.444 e. The third-order valence-electron chi connectivity index (χ3n) is 2.85. The van der Waals surface area contributed by atoms with Crippen LogP contribution in [0.15, 0.2) is 18.2 Å². The van der Waals surface area contributed by atoms with Crippen LogP contribution in [-0.4, -0.2) is 29.4 Å². The van der Waals surface area contributed by atoms with Crippen molar-refractivity contribution in [2.45, 2.75) is 44.9 Å². The van der Waals surface area contributed by atoms with E-state index in [0.29, 0.717) is 0 Å². The Kier molecular flexibility index (Phi) is 6.25. The maximum Gasteiger partial charge on any atom is 0.407 e. The van der Waals surface area contributed by atoms with Crippen molar-refractivity contribution >= 4 is 6.09 Å². The summed E-state index contributed by atoms with van der Waals surface area (Å²) in [5, 5.41) is 12.5. The standard InChI is InChI=1S/C15H22F2N2O3/c1-15(2,3)22-14(21)19-8-7-11(18)13(20)9-5-4-6-10(16)12(9)17/h4-6,11,13,20H,7-8,18H2,1-3H3,(H,19,21). The Bertz CT molecular complexity index is 518. The molecule has 2 unspecified atom stereocenters. The molecular formula is C15H22F2N2O3. The molecule has 0 radical (unpaired) electrons. The van der Waals surface area contributed by atoms with Gasteiger partial charge in [0.25, 0.3) is 0 Å². The molecular weight excluding hydrogens is 294 g/mol. The highest BCUT2D eigenvalue weighted by Gasteiger charge is 2.22. The second-order valence-electron chi connectivity index (χ2n) is 5.97. The van der Waals surface area contributed by atoms with Crippen LogP contribution in [0.2, 0.25) is 0 Å². The van der Waals surface area contributed by atoms with E-state index in [9.17, 15) is 18.7 Å². The number of alkyl carbamates (subject to hydrolysis) is 1. The molecule has 2 atom stereocenters. The molecule has 1 rings (SSSR count). The zero-order chi connectivity index (χ0) is 16.9. The molecule has 1 aromatic carbocycles. The summed E-state index contributed by atoms with van der Waals surface area (Å²) in [6.45, 7) is 5.34. The Morgan fingerprint density at radius 2 is 2.05 bits per heavy atom. The summed E-state index contributed by atoms with van der Waals surface area (Å²) in [6.07, 6.45) is -1.79. The summed E-state index contributed by atoms with van der Waals surface area (Å²) in [7, 11) is 0. The molecule has 5 nitrogen and oxygen atoms in total. The maximum absolute atomic E-state index is 13.6. The predicted molar refractivity (Wildman–Crippen MR) is 78.1 cm³/mol. The number of nitrogens with two attached hydrogens (primary N) is 1. The minimum atomic E-state index is -1.36. The number of ether oxygens (including phenoxy) is 1. The first-order chi connectivity index (χ1) is 10.1. The van der Waals surface area contributed by atoms with Crippen molar-refractivity contribution in [3.63, 3.8) is 0 Å². The number of carbonyl (C=O) groups is 1. The molecule has 0 aliphatic carbocycles. The molecule has 4 N–H and O–H groups in total. The molecule has 0 aliphatic rings. The van der Waals surface area contributed by atoms with Crippen LogP contribution in [0.5, 0.6) is 0 Å². The molecule has 0 aromatic heterocycles.